The topological polar surface area (TPSA) is 138 Å². The predicted molar refractivity (Wildman–Crippen MR) is 116 cm³/mol. The Labute approximate surface area is 170 Å². The molecule has 0 spiro atoms. The second kappa shape index (κ2) is 9.18. The molecule has 1 aromatic heterocycles. The molecule has 1 heterocycles. The lowest BCUT2D eigenvalue weighted by Crippen LogP contribution is -2.46. The summed E-state index contributed by atoms with van der Waals surface area (Å²) in [4.78, 5) is 31.2. The number of nitrogen functional groups attached to an aromatic ring is 2. The van der Waals surface area contributed by atoms with Gasteiger partial charge in [-0.15, -0.1) is 0 Å². The van der Waals surface area contributed by atoms with Gasteiger partial charge in [-0.2, -0.15) is 0 Å². The van der Waals surface area contributed by atoms with Crippen LogP contribution in [-0.4, -0.2) is 34.0 Å². The summed E-state index contributed by atoms with van der Waals surface area (Å²) in [5.74, 6) is -1.25. The second-order valence-electron chi connectivity index (χ2n) is 7.33. The van der Waals surface area contributed by atoms with Crippen LogP contribution in [0.15, 0.2) is 30.5 Å². The maximum Gasteiger partial charge on any atom is 0.314 e. The molecule has 29 heavy (non-hydrogen) atoms. The largest absolute Gasteiger partial charge is 0.396 e. The number of nitrogens with one attached hydrogen (secondary N) is 2. The highest BCUT2D eigenvalue weighted by atomic mass is 16.2. The molecule has 0 unspecified atom stereocenters. The first-order valence-corrected chi connectivity index (χ1v) is 9.38. The summed E-state index contributed by atoms with van der Waals surface area (Å²) in [6.07, 6.45) is 2.24. The summed E-state index contributed by atoms with van der Waals surface area (Å²) >= 11 is 0. The zero-order valence-corrected chi connectivity index (χ0v) is 17.2. The summed E-state index contributed by atoms with van der Waals surface area (Å²) in [6, 6.07) is 7.59. The summed E-state index contributed by atoms with van der Waals surface area (Å²) in [5, 5.41) is 9.90. The molecule has 1 atom stereocenters. The fraction of sp³-hybridized carbons (Fsp3) is 0.333. The summed E-state index contributed by atoms with van der Waals surface area (Å²) in [6.45, 7) is 8.20. The van der Waals surface area contributed by atoms with E-state index in [9.17, 15) is 9.59 Å². The van der Waals surface area contributed by atoms with Gasteiger partial charge < -0.3 is 27.1 Å². The minimum atomic E-state index is -0.819. The van der Waals surface area contributed by atoms with Gasteiger partial charge in [-0.1, -0.05) is 38.1 Å². The molecule has 8 nitrogen and oxygen atoms in total. The summed E-state index contributed by atoms with van der Waals surface area (Å²) in [7, 11) is 0. The number of anilines is 3. The van der Waals surface area contributed by atoms with Crippen molar-refractivity contribution >= 4 is 35.2 Å². The Morgan fingerprint density at radius 3 is 2.48 bits per heavy atom. The number of hydrogen-bond acceptors (Lipinski definition) is 6. The molecule has 0 saturated heterocycles. The summed E-state index contributed by atoms with van der Waals surface area (Å²) < 4.78 is 0. The van der Waals surface area contributed by atoms with Crippen molar-refractivity contribution in [1.82, 2.24) is 9.88 Å². The van der Waals surface area contributed by atoms with Gasteiger partial charge in [0.15, 0.2) is 0 Å². The molecule has 0 aliphatic heterocycles. The van der Waals surface area contributed by atoms with E-state index in [1.54, 1.807) is 4.90 Å². The Morgan fingerprint density at radius 1 is 1.24 bits per heavy atom. The van der Waals surface area contributed by atoms with E-state index in [1.165, 1.54) is 6.20 Å². The smallest absolute Gasteiger partial charge is 0.314 e. The van der Waals surface area contributed by atoms with Crippen LogP contribution in [0.4, 0.5) is 17.2 Å². The van der Waals surface area contributed by atoms with Crippen molar-refractivity contribution in [2.75, 3.05) is 16.8 Å². The molecule has 2 amide bonds. The molecule has 0 saturated carbocycles. The average Bonchev–Trinajstić information content (AvgIpc) is 2.68. The molecule has 0 aliphatic carbocycles. The second-order valence-corrected chi connectivity index (χ2v) is 7.33. The first-order valence-electron chi connectivity index (χ1n) is 9.38. The van der Waals surface area contributed by atoms with E-state index in [2.05, 4.69) is 10.3 Å². The number of rotatable bonds is 6. The average molecular weight is 396 g/mol. The highest BCUT2D eigenvalue weighted by Gasteiger charge is 2.29. The lowest BCUT2D eigenvalue weighted by Gasteiger charge is -2.32. The molecule has 0 bridgehead atoms. The standard InChI is InChI=1S/C21H28N6O2/c1-12(2)14(4)27(11-15-8-6-5-7-13(15)3)21(29)20(28)26-17-10-25-19(24)16(9-22)18(17)23/h5-10,12,14,22H,11H2,1-4H3,(H,26,28)(H4,23,24,25)/t14-/m0/s1. The molecule has 2 rings (SSSR count). The quantitative estimate of drug-likeness (QED) is 0.439. The van der Waals surface area contributed by atoms with Crippen LogP contribution in [0.1, 0.15) is 37.5 Å². The lowest BCUT2D eigenvalue weighted by molar-refractivity contribution is -0.145. The fourth-order valence-corrected chi connectivity index (χ4v) is 2.85. The van der Waals surface area contributed by atoms with Gasteiger partial charge in [0.1, 0.15) is 5.82 Å². The fourth-order valence-electron chi connectivity index (χ4n) is 2.85. The SMILES string of the molecule is Cc1ccccc1CN(C(=O)C(=O)Nc1cnc(N)c(C=N)c1N)[C@@H](C)C(C)C. The molecule has 2 aromatic rings. The van der Waals surface area contributed by atoms with E-state index < -0.39 is 11.8 Å². The van der Waals surface area contributed by atoms with Crippen molar-refractivity contribution in [2.24, 2.45) is 5.92 Å². The molecule has 0 fully saturated rings. The Bertz CT molecular complexity index is 925. The molecule has 8 heteroatoms. The maximum absolute atomic E-state index is 13.0. The highest BCUT2D eigenvalue weighted by molar-refractivity contribution is 6.40. The Balaban J connectivity index is 2.30. The maximum atomic E-state index is 13.0. The summed E-state index contributed by atoms with van der Waals surface area (Å²) in [5.41, 5.74) is 14.1. The van der Waals surface area contributed by atoms with Crippen LogP contribution in [0, 0.1) is 18.3 Å². The van der Waals surface area contributed by atoms with E-state index in [0.29, 0.717) is 6.54 Å². The Kier molecular flexibility index (Phi) is 6.93. The van der Waals surface area contributed by atoms with Gasteiger partial charge in [-0.05, 0) is 30.9 Å². The third-order valence-electron chi connectivity index (χ3n) is 5.10. The van der Waals surface area contributed by atoms with Crippen molar-refractivity contribution in [3.8, 4) is 0 Å². The van der Waals surface area contributed by atoms with E-state index in [1.807, 2.05) is 52.0 Å². The third-order valence-corrected chi connectivity index (χ3v) is 5.10. The molecular formula is C21H28N6O2. The van der Waals surface area contributed by atoms with E-state index in [0.717, 1.165) is 17.3 Å². The van der Waals surface area contributed by atoms with E-state index in [-0.39, 0.29) is 34.7 Å². The van der Waals surface area contributed by atoms with E-state index >= 15 is 0 Å². The van der Waals surface area contributed by atoms with Crippen LogP contribution >= 0.6 is 0 Å². The van der Waals surface area contributed by atoms with Crippen molar-refractivity contribution in [3.05, 3.63) is 47.2 Å². The van der Waals surface area contributed by atoms with Crippen LogP contribution < -0.4 is 16.8 Å². The van der Waals surface area contributed by atoms with Gasteiger partial charge in [-0.3, -0.25) is 9.59 Å². The van der Waals surface area contributed by atoms with Crippen LogP contribution in [0.25, 0.3) is 0 Å². The van der Waals surface area contributed by atoms with Gasteiger partial charge in [0.25, 0.3) is 0 Å². The normalized spacial score (nSPS) is 11.8. The zero-order chi connectivity index (χ0) is 21.7. The number of hydrogen-bond donors (Lipinski definition) is 4. The number of nitrogens with zero attached hydrogens (tertiary/aromatic N) is 2. The van der Waals surface area contributed by atoms with Gasteiger partial charge in [0, 0.05) is 18.8 Å². The third kappa shape index (κ3) is 4.90. The van der Waals surface area contributed by atoms with Crippen molar-refractivity contribution in [2.45, 2.75) is 40.3 Å². The Hall–Kier alpha value is -3.42. The minimum absolute atomic E-state index is 0.0800. The number of benzene rings is 1. The molecule has 0 radical (unpaired) electrons. The van der Waals surface area contributed by atoms with Crippen LogP contribution in [0.2, 0.25) is 0 Å². The van der Waals surface area contributed by atoms with Crippen LogP contribution in [-0.2, 0) is 16.1 Å². The first-order chi connectivity index (χ1) is 13.7. The first kappa shape index (κ1) is 21.9. The monoisotopic (exact) mass is 396 g/mol. The molecule has 0 aliphatic rings. The number of nitrogens with two attached hydrogens (primary N) is 2. The van der Waals surface area contributed by atoms with Crippen molar-refractivity contribution in [3.63, 3.8) is 0 Å². The zero-order valence-electron chi connectivity index (χ0n) is 17.2. The molecule has 1 aromatic carbocycles. The number of amides is 2. The van der Waals surface area contributed by atoms with Gasteiger partial charge in [0.05, 0.1) is 23.1 Å². The van der Waals surface area contributed by atoms with Gasteiger partial charge in [-0.25, -0.2) is 4.98 Å². The molecular weight excluding hydrogens is 368 g/mol. The number of carbonyl (C=O) groups is 2. The predicted octanol–water partition coefficient (Wildman–Crippen LogP) is 2.56. The van der Waals surface area contributed by atoms with E-state index in [4.69, 9.17) is 16.9 Å². The molecule has 154 valence electrons. The van der Waals surface area contributed by atoms with Crippen LogP contribution in [0.3, 0.4) is 0 Å². The van der Waals surface area contributed by atoms with Crippen molar-refractivity contribution < 1.29 is 9.59 Å². The number of aryl methyl sites for hydroxylation is 1. The number of aromatic nitrogens is 1. The highest BCUT2D eigenvalue weighted by Crippen LogP contribution is 2.25. The number of pyridine rings is 1. The Morgan fingerprint density at radius 2 is 1.90 bits per heavy atom. The number of carbonyl (C=O) groups excluding carboxylic acids is 2. The van der Waals surface area contributed by atoms with Crippen molar-refractivity contribution in [1.29, 1.82) is 5.41 Å². The van der Waals surface area contributed by atoms with Gasteiger partial charge >= 0.3 is 11.8 Å². The lowest BCUT2D eigenvalue weighted by atomic mass is 10.0. The minimum Gasteiger partial charge on any atom is -0.396 e. The van der Waals surface area contributed by atoms with Gasteiger partial charge in [0.2, 0.25) is 0 Å². The van der Waals surface area contributed by atoms with Crippen LogP contribution in [0.5, 0.6) is 0 Å². The molecule has 6 N–H and O–H groups in total.